The molecule has 1 aromatic heterocycles. The highest BCUT2D eigenvalue weighted by atomic mass is 19.1. The average Bonchev–Trinajstić information content (AvgIpc) is 3.17. The van der Waals surface area contributed by atoms with Gasteiger partial charge in [0.2, 0.25) is 5.89 Å². The Morgan fingerprint density at radius 3 is 2.70 bits per heavy atom. The normalized spacial score (nSPS) is 12.1. The van der Waals surface area contributed by atoms with E-state index in [1.54, 1.807) is 26.2 Å². The lowest BCUT2D eigenvalue weighted by Gasteiger charge is -2.07. The van der Waals surface area contributed by atoms with Crippen molar-refractivity contribution in [1.82, 2.24) is 10.2 Å². The zero-order valence-electron chi connectivity index (χ0n) is 14.8. The molecule has 0 spiro atoms. The Hall–Kier alpha value is -3.48. The highest BCUT2D eigenvalue weighted by Crippen LogP contribution is 2.22. The molecule has 0 radical (unpaired) electrons. The van der Waals surface area contributed by atoms with Crippen molar-refractivity contribution in [2.24, 2.45) is 0 Å². The standard InChI is InChI=1S/C20H17FN2O4/c1-13(19-22-23-20(27-19)15-7-9-16(21)10-8-15)26-18(24)11-6-14-4-3-5-17(12-14)25-2/h3-13H,1-2H3/b11-6+/t13-/m0/s1. The largest absolute Gasteiger partial charge is 0.497 e. The Labute approximate surface area is 155 Å². The number of ether oxygens (including phenoxy) is 2. The molecule has 7 heteroatoms. The van der Waals surface area contributed by atoms with Gasteiger partial charge in [-0.2, -0.15) is 0 Å². The minimum Gasteiger partial charge on any atom is -0.497 e. The first-order chi connectivity index (χ1) is 13.0. The van der Waals surface area contributed by atoms with Crippen molar-refractivity contribution in [2.45, 2.75) is 13.0 Å². The summed E-state index contributed by atoms with van der Waals surface area (Å²) in [5, 5.41) is 7.78. The number of aromatic nitrogens is 2. The molecule has 0 unspecified atom stereocenters. The molecular weight excluding hydrogens is 351 g/mol. The molecule has 0 bridgehead atoms. The van der Waals surface area contributed by atoms with E-state index < -0.39 is 12.1 Å². The maximum absolute atomic E-state index is 13.0. The van der Waals surface area contributed by atoms with Crippen molar-refractivity contribution in [2.75, 3.05) is 7.11 Å². The molecule has 1 heterocycles. The van der Waals surface area contributed by atoms with Crippen molar-refractivity contribution in [3.63, 3.8) is 0 Å². The summed E-state index contributed by atoms with van der Waals surface area (Å²) in [4.78, 5) is 12.0. The Morgan fingerprint density at radius 1 is 1.19 bits per heavy atom. The lowest BCUT2D eigenvalue weighted by Crippen LogP contribution is -2.06. The highest BCUT2D eigenvalue weighted by molar-refractivity contribution is 5.87. The number of halogens is 1. The second-order valence-electron chi connectivity index (χ2n) is 5.64. The third-order valence-corrected chi connectivity index (χ3v) is 3.68. The molecule has 27 heavy (non-hydrogen) atoms. The van der Waals surface area contributed by atoms with Gasteiger partial charge in [-0.1, -0.05) is 12.1 Å². The topological polar surface area (TPSA) is 74.5 Å². The van der Waals surface area contributed by atoms with Crippen LogP contribution in [0.25, 0.3) is 17.5 Å². The van der Waals surface area contributed by atoms with Crippen LogP contribution >= 0.6 is 0 Å². The molecule has 2 aromatic carbocycles. The van der Waals surface area contributed by atoms with Crippen molar-refractivity contribution in [3.8, 4) is 17.2 Å². The molecule has 138 valence electrons. The molecule has 0 fully saturated rings. The Bertz CT molecular complexity index is 951. The fourth-order valence-corrected chi connectivity index (χ4v) is 2.28. The lowest BCUT2D eigenvalue weighted by molar-refractivity contribution is -0.143. The van der Waals surface area contributed by atoms with Crippen LogP contribution in [0.5, 0.6) is 5.75 Å². The van der Waals surface area contributed by atoms with Crippen LogP contribution in [0, 0.1) is 5.82 Å². The van der Waals surface area contributed by atoms with Crippen LogP contribution in [-0.2, 0) is 9.53 Å². The SMILES string of the molecule is COc1cccc(/C=C/C(=O)O[C@@H](C)c2nnc(-c3ccc(F)cc3)o2)c1. The van der Waals surface area contributed by atoms with Gasteiger partial charge in [0.05, 0.1) is 7.11 Å². The van der Waals surface area contributed by atoms with Crippen LogP contribution in [0.2, 0.25) is 0 Å². The molecule has 0 saturated carbocycles. The van der Waals surface area contributed by atoms with E-state index in [0.717, 1.165) is 5.56 Å². The smallest absolute Gasteiger partial charge is 0.331 e. The lowest BCUT2D eigenvalue weighted by atomic mass is 10.2. The fraction of sp³-hybridized carbons (Fsp3) is 0.150. The van der Waals surface area contributed by atoms with Gasteiger partial charge >= 0.3 is 5.97 Å². The van der Waals surface area contributed by atoms with Gasteiger partial charge in [-0.05, 0) is 55.0 Å². The number of nitrogens with zero attached hydrogens (tertiary/aromatic N) is 2. The number of hydrogen-bond donors (Lipinski definition) is 0. The molecule has 6 nitrogen and oxygen atoms in total. The van der Waals surface area contributed by atoms with E-state index >= 15 is 0 Å². The van der Waals surface area contributed by atoms with Gasteiger partial charge in [0.25, 0.3) is 5.89 Å². The minimum absolute atomic E-state index is 0.150. The molecule has 3 rings (SSSR count). The Kier molecular flexibility index (Phi) is 5.61. The number of methoxy groups -OCH3 is 1. The molecule has 3 aromatic rings. The van der Waals surface area contributed by atoms with Crippen LogP contribution in [0.3, 0.4) is 0 Å². The number of carbonyl (C=O) groups is 1. The summed E-state index contributed by atoms with van der Waals surface area (Å²) in [6.07, 6.45) is 2.20. The van der Waals surface area contributed by atoms with Gasteiger partial charge < -0.3 is 13.9 Å². The minimum atomic E-state index is -0.728. The molecule has 0 amide bonds. The average molecular weight is 368 g/mol. The molecule has 0 saturated heterocycles. The van der Waals surface area contributed by atoms with Gasteiger partial charge in [0, 0.05) is 11.6 Å². The summed E-state index contributed by atoms with van der Waals surface area (Å²) in [6, 6.07) is 12.9. The number of rotatable bonds is 6. The van der Waals surface area contributed by atoms with Crippen LogP contribution in [0.4, 0.5) is 4.39 Å². The zero-order chi connectivity index (χ0) is 19.2. The quantitative estimate of drug-likeness (QED) is 0.479. The fourth-order valence-electron chi connectivity index (χ4n) is 2.28. The summed E-state index contributed by atoms with van der Waals surface area (Å²) in [6.45, 7) is 1.62. The molecule has 1 atom stereocenters. The molecular formula is C20H17FN2O4. The molecule has 0 aliphatic carbocycles. The third kappa shape index (κ3) is 4.78. The van der Waals surface area contributed by atoms with E-state index in [1.165, 1.54) is 30.3 Å². The van der Waals surface area contributed by atoms with Crippen molar-refractivity contribution in [3.05, 3.63) is 71.9 Å². The van der Waals surface area contributed by atoms with Crippen LogP contribution in [-0.4, -0.2) is 23.3 Å². The molecule has 0 aliphatic rings. The summed E-state index contributed by atoms with van der Waals surface area (Å²) in [5.41, 5.74) is 1.38. The van der Waals surface area contributed by atoms with E-state index in [4.69, 9.17) is 13.9 Å². The maximum atomic E-state index is 13.0. The first-order valence-electron chi connectivity index (χ1n) is 8.17. The van der Waals surface area contributed by atoms with Gasteiger partial charge in [0.1, 0.15) is 11.6 Å². The van der Waals surface area contributed by atoms with E-state index in [-0.39, 0.29) is 17.6 Å². The Balaban J connectivity index is 1.63. The Morgan fingerprint density at radius 2 is 1.96 bits per heavy atom. The predicted molar refractivity (Wildman–Crippen MR) is 96.2 cm³/mol. The van der Waals surface area contributed by atoms with E-state index in [9.17, 15) is 9.18 Å². The van der Waals surface area contributed by atoms with Gasteiger partial charge in [0.15, 0.2) is 6.10 Å². The van der Waals surface area contributed by atoms with Crippen LogP contribution < -0.4 is 4.74 Å². The van der Waals surface area contributed by atoms with Gasteiger partial charge in [-0.3, -0.25) is 0 Å². The summed E-state index contributed by atoms with van der Waals surface area (Å²) < 4.78 is 28.9. The number of hydrogen-bond acceptors (Lipinski definition) is 6. The van der Waals surface area contributed by atoms with E-state index in [1.807, 2.05) is 18.2 Å². The summed E-state index contributed by atoms with van der Waals surface area (Å²) in [7, 11) is 1.57. The van der Waals surface area contributed by atoms with E-state index in [2.05, 4.69) is 10.2 Å². The van der Waals surface area contributed by atoms with E-state index in [0.29, 0.717) is 11.3 Å². The first kappa shape index (κ1) is 18.3. The summed E-state index contributed by atoms with van der Waals surface area (Å²) >= 11 is 0. The second kappa shape index (κ2) is 8.27. The molecule has 0 N–H and O–H groups in total. The van der Waals surface area contributed by atoms with Crippen molar-refractivity contribution in [1.29, 1.82) is 0 Å². The number of esters is 1. The molecule has 0 aliphatic heterocycles. The van der Waals surface area contributed by atoms with Crippen molar-refractivity contribution >= 4 is 12.0 Å². The second-order valence-corrected chi connectivity index (χ2v) is 5.64. The highest BCUT2D eigenvalue weighted by Gasteiger charge is 2.18. The first-order valence-corrected chi connectivity index (χ1v) is 8.17. The summed E-state index contributed by atoms with van der Waals surface area (Å²) in [5.74, 6) is 0.158. The monoisotopic (exact) mass is 368 g/mol. The number of carbonyl (C=O) groups excluding carboxylic acids is 1. The van der Waals surface area contributed by atoms with Crippen LogP contribution in [0.15, 0.2) is 59.0 Å². The van der Waals surface area contributed by atoms with Crippen molar-refractivity contribution < 1.29 is 23.1 Å². The van der Waals surface area contributed by atoms with Crippen LogP contribution in [0.1, 0.15) is 24.5 Å². The predicted octanol–water partition coefficient (Wildman–Crippen LogP) is 4.20. The van der Waals surface area contributed by atoms with Gasteiger partial charge in [-0.25, -0.2) is 9.18 Å². The van der Waals surface area contributed by atoms with Gasteiger partial charge in [-0.15, -0.1) is 10.2 Å². The zero-order valence-corrected chi connectivity index (χ0v) is 14.8. The third-order valence-electron chi connectivity index (χ3n) is 3.68. The maximum Gasteiger partial charge on any atom is 0.331 e. The number of benzene rings is 2.